The van der Waals surface area contributed by atoms with Crippen LogP contribution in [0.3, 0.4) is 0 Å². The largest absolute Gasteiger partial charge is 0.484 e. The van der Waals surface area contributed by atoms with Crippen LogP contribution in [-0.4, -0.2) is 20.9 Å². The minimum Gasteiger partial charge on any atom is -0.484 e. The van der Waals surface area contributed by atoms with Gasteiger partial charge >= 0.3 is 0 Å². The molecule has 3 aromatic rings. The highest BCUT2D eigenvalue weighted by molar-refractivity contribution is 7.92. The maximum atomic E-state index is 12.9. The average Bonchev–Trinajstić information content (AvgIpc) is 2.73. The average molecular weight is 428 g/mol. The van der Waals surface area contributed by atoms with Gasteiger partial charge < -0.3 is 10.1 Å². The predicted molar refractivity (Wildman–Crippen MR) is 112 cm³/mol. The number of aryl methyl sites for hydroxylation is 1. The summed E-state index contributed by atoms with van der Waals surface area (Å²) in [5.41, 5.74) is 2.36. The molecule has 0 aliphatic rings. The molecule has 1 amide bonds. The predicted octanol–water partition coefficient (Wildman–Crippen LogP) is 3.63. The minimum absolute atomic E-state index is 0.0167. The van der Waals surface area contributed by atoms with E-state index in [0.29, 0.717) is 12.3 Å². The van der Waals surface area contributed by atoms with Gasteiger partial charge in [0.05, 0.1) is 4.90 Å². The van der Waals surface area contributed by atoms with Crippen molar-refractivity contribution in [2.75, 3.05) is 11.3 Å². The van der Waals surface area contributed by atoms with Crippen molar-refractivity contribution in [3.05, 3.63) is 89.7 Å². The van der Waals surface area contributed by atoms with Crippen molar-refractivity contribution in [3.8, 4) is 5.75 Å². The molecule has 0 unspecified atom stereocenters. The van der Waals surface area contributed by atoms with E-state index in [0.717, 1.165) is 11.1 Å². The fourth-order valence-electron chi connectivity index (χ4n) is 2.67. The molecule has 0 bridgehead atoms. The van der Waals surface area contributed by atoms with Gasteiger partial charge in [0, 0.05) is 12.2 Å². The first-order valence-electron chi connectivity index (χ1n) is 9.15. The van der Waals surface area contributed by atoms with Gasteiger partial charge in [-0.3, -0.25) is 9.52 Å². The number of ether oxygens (including phenoxy) is 1. The van der Waals surface area contributed by atoms with Crippen LogP contribution in [0.15, 0.2) is 77.7 Å². The van der Waals surface area contributed by atoms with Crippen molar-refractivity contribution in [2.45, 2.75) is 18.4 Å². The highest BCUT2D eigenvalue weighted by Crippen LogP contribution is 2.19. The summed E-state index contributed by atoms with van der Waals surface area (Å²) in [5, 5.41) is 2.77. The molecule has 0 radical (unpaired) electrons. The molecule has 8 heteroatoms. The molecule has 3 aromatic carbocycles. The van der Waals surface area contributed by atoms with Crippen LogP contribution in [0.4, 0.5) is 10.1 Å². The Kier molecular flexibility index (Phi) is 6.68. The SMILES string of the molecule is Cc1cccc(CNC(=O)COc2ccc(S(=O)(=O)Nc3ccc(F)cc3)cc2)c1. The number of anilines is 1. The molecule has 0 saturated heterocycles. The Hall–Kier alpha value is -3.39. The molecule has 0 heterocycles. The Balaban J connectivity index is 1.52. The lowest BCUT2D eigenvalue weighted by molar-refractivity contribution is -0.123. The quantitative estimate of drug-likeness (QED) is 0.574. The second-order valence-electron chi connectivity index (χ2n) is 6.64. The molecule has 30 heavy (non-hydrogen) atoms. The van der Waals surface area contributed by atoms with E-state index >= 15 is 0 Å². The van der Waals surface area contributed by atoms with Gasteiger partial charge in [-0.2, -0.15) is 0 Å². The first-order chi connectivity index (χ1) is 14.3. The van der Waals surface area contributed by atoms with Gasteiger partial charge in [-0.05, 0) is 61.0 Å². The Bertz CT molecular complexity index is 1110. The van der Waals surface area contributed by atoms with Crippen LogP contribution in [0.2, 0.25) is 0 Å². The number of sulfonamides is 1. The summed E-state index contributed by atoms with van der Waals surface area (Å²) in [4.78, 5) is 12.0. The Labute approximate surface area is 174 Å². The van der Waals surface area contributed by atoms with Gasteiger partial charge in [0.2, 0.25) is 0 Å². The summed E-state index contributed by atoms with van der Waals surface area (Å²) in [6.07, 6.45) is 0. The second kappa shape index (κ2) is 9.41. The van der Waals surface area contributed by atoms with Crippen molar-refractivity contribution < 1.29 is 22.3 Å². The van der Waals surface area contributed by atoms with Crippen molar-refractivity contribution in [1.82, 2.24) is 5.32 Å². The summed E-state index contributed by atoms with van der Waals surface area (Å²) in [7, 11) is -3.82. The van der Waals surface area contributed by atoms with Crippen LogP contribution >= 0.6 is 0 Å². The van der Waals surface area contributed by atoms with Crippen molar-refractivity contribution in [1.29, 1.82) is 0 Å². The van der Waals surface area contributed by atoms with Crippen LogP contribution in [0.1, 0.15) is 11.1 Å². The summed E-state index contributed by atoms with van der Waals surface area (Å²) >= 11 is 0. The number of rotatable bonds is 8. The first-order valence-corrected chi connectivity index (χ1v) is 10.6. The monoisotopic (exact) mass is 428 g/mol. The van der Waals surface area contributed by atoms with Crippen LogP contribution in [0.25, 0.3) is 0 Å². The van der Waals surface area contributed by atoms with E-state index in [9.17, 15) is 17.6 Å². The third-order valence-corrected chi connectivity index (χ3v) is 5.57. The van der Waals surface area contributed by atoms with Gasteiger partial charge in [0.15, 0.2) is 6.61 Å². The molecule has 6 nitrogen and oxygen atoms in total. The second-order valence-corrected chi connectivity index (χ2v) is 8.32. The van der Waals surface area contributed by atoms with E-state index < -0.39 is 15.8 Å². The number of carbonyl (C=O) groups excluding carboxylic acids is 1. The molecule has 2 N–H and O–H groups in total. The molecule has 0 aromatic heterocycles. The van der Waals surface area contributed by atoms with E-state index in [2.05, 4.69) is 10.0 Å². The summed E-state index contributed by atoms with van der Waals surface area (Å²) < 4.78 is 45.5. The topological polar surface area (TPSA) is 84.5 Å². The molecule has 156 valence electrons. The fraction of sp³-hybridized carbons (Fsp3) is 0.136. The summed E-state index contributed by atoms with van der Waals surface area (Å²) in [5.74, 6) is -0.380. The molecule has 0 saturated carbocycles. The zero-order valence-corrected chi connectivity index (χ0v) is 17.1. The number of amides is 1. The number of hydrogen-bond acceptors (Lipinski definition) is 4. The molecule has 0 atom stereocenters. The van der Waals surface area contributed by atoms with Crippen molar-refractivity contribution in [2.24, 2.45) is 0 Å². The number of benzene rings is 3. The Morgan fingerprint density at radius 3 is 2.37 bits per heavy atom. The molecule has 0 spiro atoms. The molecule has 0 aliphatic carbocycles. The van der Waals surface area contributed by atoms with E-state index in [4.69, 9.17) is 4.74 Å². The van der Waals surface area contributed by atoms with Crippen LogP contribution in [0.5, 0.6) is 5.75 Å². The first kappa shape index (κ1) is 21.3. The molecular formula is C22H21FN2O4S. The Morgan fingerprint density at radius 2 is 1.70 bits per heavy atom. The number of nitrogens with one attached hydrogen (secondary N) is 2. The maximum absolute atomic E-state index is 12.9. The van der Waals surface area contributed by atoms with Gasteiger partial charge in [0.1, 0.15) is 11.6 Å². The van der Waals surface area contributed by atoms with E-state index in [1.165, 1.54) is 48.5 Å². The van der Waals surface area contributed by atoms with Crippen molar-refractivity contribution in [3.63, 3.8) is 0 Å². The maximum Gasteiger partial charge on any atom is 0.261 e. The molecule has 3 rings (SSSR count). The van der Waals surface area contributed by atoms with E-state index in [1.54, 1.807) is 0 Å². The van der Waals surface area contributed by atoms with Crippen LogP contribution in [0, 0.1) is 12.7 Å². The summed E-state index contributed by atoms with van der Waals surface area (Å²) in [6, 6.07) is 18.5. The van der Waals surface area contributed by atoms with Crippen LogP contribution in [-0.2, 0) is 21.4 Å². The zero-order valence-electron chi connectivity index (χ0n) is 16.3. The third kappa shape index (κ3) is 6.05. The summed E-state index contributed by atoms with van der Waals surface area (Å²) in [6.45, 7) is 2.19. The van der Waals surface area contributed by atoms with Gasteiger partial charge in [-0.25, -0.2) is 12.8 Å². The van der Waals surface area contributed by atoms with Crippen LogP contribution < -0.4 is 14.8 Å². The van der Waals surface area contributed by atoms with Gasteiger partial charge in [-0.15, -0.1) is 0 Å². The van der Waals surface area contributed by atoms with Crippen molar-refractivity contribution >= 4 is 21.6 Å². The molecular weight excluding hydrogens is 407 g/mol. The third-order valence-electron chi connectivity index (χ3n) is 4.17. The number of hydrogen-bond donors (Lipinski definition) is 2. The normalized spacial score (nSPS) is 11.0. The highest BCUT2D eigenvalue weighted by Gasteiger charge is 2.14. The molecule has 0 aliphatic heterocycles. The number of halogens is 1. The standard InChI is InChI=1S/C22H21FN2O4S/c1-16-3-2-4-17(13-16)14-24-22(26)15-29-20-9-11-21(12-10-20)30(27,28)25-19-7-5-18(23)6-8-19/h2-13,25H,14-15H2,1H3,(H,24,26). The fourth-order valence-corrected chi connectivity index (χ4v) is 3.73. The minimum atomic E-state index is -3.82. The number of carbonyl (C=O) groups is 1. The smallest absolute Gasteiger partial charge is 0.261 e. The lowest BCUT2D eigenvalue weighted by Crippen LogP contribution is -2.28. The zero-order chi connectivity index (χ0) is 21.6. The lowest BCUT2D eigenvalue weighted by atomic mass is 10.1. The van der Waals surface area contributed by atoms with E-state index in [-0.39, 0.29) is 23.1 Å². The molecule has 0 fully saturated rings. The van der Waals surface area contributed by atoms with E-state index in [1.807, 2.05) is 31.2 Å². The lowest BCUT2D eigenvalue weighted by Gasteiger charge is -2.10. The van der Waals surface area contributed by atoms with Gasteiger partial charge in [-0.1, -0.05) is 29.8 Å². The highest BCUT2D eigenvalue weighted by atomic mass is 32.2. The van der Waals surface area contributed by atoms with Gasteiger partial charge in [0.25, 0.3) is 15.9 Å². The Morgan fingerprint density at radius 1 is 1.00 bits per heavy atom.